The number of hydrogen-bond acceptors (Lipinski definition) is 3. The molecule has 3 aromatic rings. The lowest BCUT2D eigenvalue weighted by molar-refractivity contribution is 0.415. The molecule has 4 nitrogen and oxygen atoms in total. The van der Waals surface area contributed by atoms with Crippen LogP contribution < -0.4 is 10.3 Å². The summed E-state index contributed by atoms with van der Waals surface area (Å²) in [5.41, 5.74) is 2.64. The third-order valence-corrected chi connectivity index (χ3v) is 3.76. The number of benzene rings is 2. The summed E-state index contributed by atoms with van der Waals surface area (Å²) in [4.78, 5) is 19.6. The van der Waals surface area contributed by atoms with E-state index in [4.69, 9.17) is 4.74 Å². The first-order valence-corrected chi connectivity index (χ1v) is 7.27. The molecule has 3 rings (SSSR count). The standard InChI is InChI=1S/C18H18N2O2/c1-11(2)12-4-6-13(7-5-12)17-19-16-10-14(22-3)8-9-15(16)18(21)20-17/h4-11H,1-3H3,(H,19,20,21). The molecule has 0 bridgehead atoms. The van der Waals surface area contributed by atoms with Crippen molar-refractivity contribution in [3.05, 3.63) is 58.4 Å². The summed E-state index contributed by atoms with van der Waals surface area (Å²) in [5, 5.41) is 0.559. The fraction of sp³-hybridized carbons (Fsp3) is 0.222. The summed E-state index contributed by atoms with van der Waals surface area (Å²) in [6.45, 7) is 4.30. The lowest BCUT2D eigenvalue weighted by Crippen LogP contribution is -2.09. The molecule has 112 valence electrons. The van der Waals surface area contributed by atoms with Crippen LogP contribution in [0.3, 0.4) is 0 Å². The quantitative estimate of drug-likeness (QED) is 0.801. The maximum atomic E-state index is 12.2. The first kappa shape index (κ1) is 14.3. The Balaban J connectivity index is 2.12. The van der Waals surface area contributed by atoms with Gasteiger partial charge in [0.1, 0.15) is 11.6 Å². The number of rotatable bonds is 3. The highest BCUT2D eigenvalue weighted by atomic mass is 16.5. The molecule has 1 N–H and O–H groups in total. The second-order valence-electron chi connectivity index (χ2n) is 5.57. The first-order chi connectivity index (χ1) is 10.6. The predicted molar refractivity (Wildman–Crippen MR) is 88.4 cm³/mol. The van der Waals surface area contributed by atoms with E-state index in [9.17, 15) is 4.79 Å². The molecular weight excluding hydrogens is 276 g/mol. The van der Waals surface area contributed by atoms with Crippen LogP contribution in [0.1, 0.15) is 25.3 Å². The SMILES string of the molecule is COc1ccc2c(=O)[nH]c(-c3ccc(C(C)C)cc3)nc2c1. The van der Waals surface area contributed by atoms with E-state index in [1.165, 1.54) is 5.56 Å². The lowest BCUT2D eigenvalue weighted by atomic mass is 10.0. The second kappa shape index (κ2) is 5.64. The molecule has 0 aliphatic heterocycles. The monoisotopic (exact) mass is 294 g/mol. The molecule has 0 amide bonds. The van der Waals surface area contributed by atoms with Gasteiger partial charge in [0, 0.05) is 11.6 Å². The number of ether oxygens (including phenoxy) is 1. The molecule has 0 saturated carbocycles. The Morgan fingerprint density at radius 3 is 2.45 bits per heavy atom. The van der Waals surface area contributed by atoms with Crippen LogP contribution in [0.4, 0.5) is 0 Å². The van der Waals surface area contributed by atoms with Crippen LogP contribution in [-0.4, -0.2) is 17.1 Å². The van der Waals surface area contributed by atoms with Crippen molar-refractivity contribution < 1.29 is 4.74 Å². The minimum absolute atomic E-state index is 0.143. The van der Waals surface area contributed by atoms with Gasteiger partial charge >= 0.3 is 0 Å². The largest absolute Gasteiger partial charge is 0.497 e. The Kier molecular flexibility index (Phi) is 3.67. The zero-order valence-electron chi connectivity index (χ0n) is 12.9. The summed E-state index contributed by atoms with van der Waals surface area (Å²) < 4.78 is 5.20. The van der Waals surface area contributed by atoms with Gasteiger partial charge < -0.3 is 9.72 Å². The van der Waals surface area contributed by atoms with E-state index in [0.29, 0.717) is 28.4 Å². The zero-order valence-corrected chi connectivity index (χ0v) is 12.9. The van der Waals surface area contributed by atoms with E-state index in [2.05, 4.69) is 35.9 Å². The number of aromatic nitrogens is 2. The van der Waals surface area contributed by atoms with Crippen molar-refractivity contribution in [2.24, 2.45) is 0 Å². The summed E-state index contributed by atoms with van der Waals surface area (Å²) >= 11 is 0. The van der Waals surface area contributed by atoms with E-state index in [0.717, 1.165) is 5.56 Å². The smallest absolute Gasteiger partial charge is 0.259 e. The molecule has 2 aromatic carbocycles. The van der Waals surface area contributed by atoms with Gasteiger partial charge in [0.2, 0.25) is 0 Å². The van der Waals surface area contributed by atoms with Gasteiger partial charge in [0.05, 0.1) is 18.0 Å². The molecule has 0 aliphatic rings. The number of hydrogen-bond donors (Lipinski definition) is 1. The molecule has 4 heteroatoms. The van der Waals surface area contributed by atoms with Crippen LogP contribution in [-0.2, 0) is 0 Å². The van der Waals surface area contributed by atoms with E-state index in [1.807, 2.05) is 12.1 Å². The van der Waals surface area contributed by atoms with Gasteiger partial charge in [-0.05, 0) is 23.6 Å². The van der Waals surface area contributed by atoms with Crippen LogP contribution >= 0.6 is 0 Å². The molecule has 0 aliphatic carbocycles. The summed E-state index contributed by atoms with van der Waals surface area (Å²) in [7, 11) is 1.60. The van der Waals surface area contributed by atoms with Crippen LogP contribution in [0.25, 0.3) is 22.3 Å². The van der Waals surface area contributed by atoms with Crippen molar-refractivity contribution >= 4 is 10.9 Å². The Morgan fingerprint density at radius 2 is 1.82 bits per heavy atom. The summed E-state index contributed by atoms with van der Waals surface area (Å²) in [5.74, 6) is 1.73. The fourth-order valence-corrected chi connectivity index (χ4v) is 2.41. The number of methoxy groups -OCH3 is 1. The molecular formula is C18H18N2O2. The van der Waals surface area contributed by atoms with Gasteiger partial charge in [-0.15, -0.1) is 0 Å². The minimum atomic E-state index is -0.143. The number of fused-ring (bicyclic) bond motifs is 1. The molecule has 1 heterocycles. The van der Waals surface area contributed by atoms with E-state index < -0.39 is 0 Å². The zero-order chi connectivity index (χ0) is 15.7. The molecule has 22 heavy (non-hydrogen) atoms. The number of nitrogens with zero attached hydrogens (tertiary/aromatic N) is 1. The van der Waals surface area contributed by atoms with E-state index in [1.54, 1.807) is 25.3 Å². The second-order valence-corrected chi connectivity index (χ2v) is 5.57. The minimum Gasteiger partial charge on any atom is -0.497 e. The highest BCUT2D eigenvalue weighted by molar-refractivity contribution is 5.80. The topological polar surface area (TPSA) is 55.0 Å². The van der Waals surface area contributed by atoms with Crippen molar-refractivity contribution in [2.45, 2.75) is 19.8 Å². The van der Waals surface area contributed by atoms with Crippen LogP contribution in [0, 0.1) is 0 Å². The molecule has 0 fully saturated rings. The Hall–Kier alpha value is -2.62. The van der Waals surface area contributed by atoms with Crippen molar-refractivity contribution in [3.8, 4) is 17.1 Å². The number of aromatic amines is 1. The van der Waals surface area contributed by atoms with Gasteiger partial charge in [0.15, 0.2) is 0 Å². The average Bonchev–Trinajstić information content (AvgIpc) is 2.54. The maximum absolute atomic E-state index is 12.2. The van der Waals surface area contributed by atoms with Gasteiger partial charge in [0.25, 0.3) is 5.56 Å². The Bertz CT molecular complexity index is 864. The number of nitrogens with one attached hydrogen (secondary N) is 1. The van der Waals surface area contributed by atoms with Crippen molar-refractivity contribution in [1.82, 2.24) is 9.97 Å². The predicted octanol–water partition coefficient (Wildman–Crippen LogP) is 3.72. The number of H-pyrrole nitrogens is 1. The summed E-state index contributed by atoms with van der Waals surface area (Å²) in [6, 6.07) is 13.4. The van der Waals surface area contributed by atoms with Gasteiger partial charge in [-0.1, -0.05) is 38.1 Å². The van der Waals surface area contributed by atoms with Crippen LogP contribution in [0.15, 0.2) is 47.3 Å². The van der Waals surface area contributed by atoms with Gasteiger partial charge in [-0.2, -0.15) is 0 Å². The molecule has 0 radical (unpaired) electrons. The van der Waals surface area contributed by atoms with Gasteiger partial charge in [-0.25, -0.2) is 4.98 Å². The molecule has 0 atom stereocenters. The molecule has 0 unspecified atom stereocenters. The third kappa shape index (κ3) is 2.60. The van der Waals surface area contributed by atoms with Crippen molar-refractivity contribution in [2.75, 3.05) is 7.11 Å². The van der Waals surface area contributed by atoms with Crippen LogP contribution in [0.5, 0.6) is 5.75 Å². The fourth-order valence-electron chi connectivity index (χ4n) is 2.41. The van der Waals surface area contributed by atoms with Gasteiger partial charge in [-0.3, -0.25) is 4.79 Å². The maximum Gasteiger partial charge on any atom is 0.259 e. The lowest BCUT2D eigenvalue weighted by Gasteiger charge is -2.08. The summed E-state index contributed by atoms with van der Waals surface area (Å²) in [6.07, 6.45) is 0. The first-order valence-electron chi connectivity index (χ1n) is 7.27. The normalized spacial score (nSPS) is 11.1. The third-order valence-electron chi connectivity index (χ3n) is 3.76. The van der Waals surface area contributed by atoms with E-state index in [-0.39, 0.29) is 5.56 Å². The highest BCUT2D eigenvalue weighted by Gasteiger charge is 2.08. The molecule has 0 spiro atoms. The van der Waals surface area contributed by atoms with E-state index >= 15 is 0 Å². The van der Waals surface area contributed by atoms with Crippen molar-refractivity contribution in [3.63, 3.8) is 0 Å². The molecule has 0 saturated heterocycles. The van der Waals surface area contributed by atoms with Crippen LogP contribution in [0.2, 0.25) is 0 Å². The average molecular weight is 294 g/mol. The Morgan fingerprint density at radius 1 is 1.09 bits per heavy atom. The molecule has 1 aromatic heterocycles. The Labute approximate surface area is 128 Å². The van der Waals surface area contributed by atoms with Crippen molar-refractivity contribution in [1.29, 1.82) is 0 Å². The highest BCUT2D eigenvalue weighted by Crippen LogP contribution is 2.22.